The lowest BCUT2D eigenvalue weighted by molar-refractivity contribution is -0.147. The van der Waals surface area contributed by atoms with Gasteiger partial charge < -0.3 is 20.3 Å². The second-order valence-electron chi connectivity index (χ2n) is 4.56. The van der Waals surface area contributed by atoms with Gasteiger partial charge in [0.05, 0.1) is 12.7 Å². The van der Waals surface area contributed by atoms with Gasteiger partial charge in [-0.2, -0.15) is 0 Å². The van der Waals surface area contributed by atoms with E-state index in [9.17, 15) is 4.79 Å². The van der Waals surface area contributed by atoms with Crippen LogP contribution in [0.25, 0.3) is 0 Å². The van der Waals surface area contributed by atoms with E-state index >= 15 is 0 Å². The van der Waals surface area contributed by atoms with Crippen LogP contribution in [-0.4, -0.2) is 36.4 Å². The minimum Gasteiger partial charge on any atom is -0.508 e. The number of hydrogen-bond donors (Lipinski definition) is 2. The maximum Gasteiger partial charge on any atom is 0.323 e. The van der Waals surface area contributed by atoms with Crippen molar-refractivity contribution in [2.75, 3.05) is 13.2 Å². The molecule has 0 unspecified atom stereocenters. The minimum absolute atomic E-state index is 0.115. The highest BCUT2D eigenvalue weighted by molar-refractivity contribution is 5.75. The number of aromatic hydroxyl groups is 1. The summed E-state index contributed by atoms with van der Waals surface area (Å²) < 4.78 is 10.3. The molecule has 0 saturated carbocycles. The van der Waals surface area contributed by atoms with Gasteiger partial charge in [0.2, 0.25) is 0 Å². The first kappa shape index (κ1) is 15.5. The smallest absolute Gasteiger partial charge is 0.323 e. The van der Waals surface area contributed by atoms with Crippen LogP contribution in [-0.2, 0) is 20.7 Å². The van der Waals surface area contributed by atoms with Crippen LogP contribution in [0.3, 0.4) is 0 Å². The van der Waals surface area contributed by atoms with Crippen molar-refractivity contribution in [2.24, 2.45) is 5.73 Å². The van der Waals surface area contributed by atoms with E-state index in [1.165, 1.54) is 0 Å². The van der Waals surface area contributed by atoms with Crippen molar-refractivity contribution in [2.45, 2.75) is 32.4 Å². The summed E-state index contributed by atoms with van der Waals surface area (Å²) in [6.07, 6.45) is 0.494. The summed E-state index contributed by atoms with van der Waals surface area (Å²) in [5, 5.41) is 9.15. The van der Waals surface area contributed by atoms with Gasteiger partial charge in [0.25, 0.3) is 0 Å². The van der Waals surface area contributed by atoms with Gasteiger partial charge in [-0.25, -0.2) is 0 Å². The van der Waals surface area contributed by atoms with E-state index in [4.69, 9.17) is 20.3 Å². The predicted octanol–water partition coefficient (Wildman–Crippen LogP) is 1.23. The standard InChI is InChI=1S/C14H21NO4/c1-10(2)18-7-8-19-14(17)13(15)9-11-3-5-12(16)6-4-11/h3-6,10,13,16H,7-9,15H2,1-2H3/t13-/m0/s1. The molecule has 0 spiro atoms. The fourth-order valence-electron chi connectivity index (χ4n) is 1.50. The molecule has 0 aliphatic carbocycles. The lowest BCUT2D eigenvalue weighted by atomic mass is 10.1. The Morgan fingerprint density at radius 1 is 1.26 bits per heavy atom. The van der Waals surface area contributed by atoms with Gasteiger partial charge in [-0.1, -0.05) is 12.1 Å². The van der Waals surface area contributed by atoms with Crippen molar-refractivity contribution in [1.29, 1.82) is 0 Å². The van der Waals surface area contributed by atoms with Crippen LogP contribution < -0.4 is 5.73 Å². The van der Waals surface area contributed by atoms with E-state index in [0.29, 0.717) is 13.0 Å². The number of carbonyl (C=O) groups is 1. The molecule has 1 rings (SSSR count). The summed E-state index contributed by atoms with van der Waals surface area (Å²) in [5.74, 6) is -0.258. The number of carbonyl (C=O) groups excluding carboxylic acids is 1. The molecule has 106 valence electrons. The number of phenols is 1. The summed E-state index contributed by atoms with van der Waals surface area (Å²) in [6, 6.07) is 5.87. The van der Waals surface area contributed by atoms with E-state index in [-0.39, 0.29) is 18.5 Å². The van der Waals surface area contributed by atoms with Gasteiger partial charge >= 0.3 is 5.97 Å². The Morgan fingerprint density at radius 3 is 2.47 bits per heavy atom. The molecule has 19 heavy (non-hydrogen) atoms. The second-order valence-corrected chi connectivity index (χ2v) is 4.56. The Morgan fingerprint density at radius 2 is 1.89 bits per heavy atom. The maximum absolute atomic E-state index is 11.6. The molecule has 0 bridgehead atoms. The van der Waals surface area contributed by atoms with Crippen LogP contribution in [0.2, 0.25) is 0 Å². The molecule has 0 heterocycles. The zero-order chi connectivity index (χ0) is 14.3. The van der Waals surface area contributed by atoms with Gasteiger partial charge in [-0.15, -0.1) is 0 Å². The average molecular weight is 267 g/mol. The highest BCUT2D eigenvalue weighted by Crippen LogP contribution is 2.11. The van der Waals surface area contributed by atoms with Gasteiger partial charge in [-0.05, 0) is 38.0 Å². The third-order valence-corrected chi connectivity index (χ3v) is 2.47. The summed E-state index contributed by atoms with van der Waals surface area (Å²) in [6.45, 7) is 4.41. The van der Waals surface area contributed by atoms with E-state index < -0.39 is 12.0 Å². The number of hydrogen-bond acceptors (Lipinski definition) is 5. The normalized spacial score (nSPS) is 12.4. The molecule has 0 aromatic heterocycles. The topological polar surface area (TPSA) is 81.8 Å². The molecule has 0 saturated heterocycles. The molecule has 1 aromatic rings. The summed E-state index contributed by atoms with van der Waals surface area (Å²) in [4.78, 5) is 11.6. The largest absolute Gasteiger partial charge is 0.508 e. The third-order valence-electron chi connectivity index (χ3n) is 2.47. The number of phenolic OH excluding ortho intramolecular Hbond substituents is 1. The zero-order valence-corrected chi connectivity index (χ0v) is 11.3. The lowest BCUT2D eigenvalue weighted by Gasteiger charge is -2.12. The van der Waals surface area contributed by atoms with Crippen molar-refractivity contribution >= 4 is 5.97 Å². The van der Waals surface area contributed by atoms with Crippen LogP contribution in [0.5, 0.6) is 5.75 Å². The van der Waals surface area contributed by atoms with Crippen LogP contribution in [0, 0.1) is 0 Å². The number of benzene rings is 1. The maximum atomic E-state index is 11.6. The number of esters is 1. The van der Waals surface area contributed by atoms with Crippen molar-refractivity contribution in [3.63, 3.8) is 0 Å². The van der Waals surface area contributed by atoms with Crippen molar-refractivity contribution in [3.05, 3.63) is 29.8 Å². The molecule has 0 aliphatic rings. The minimum atomic E-state index is -0.705. The Labute approximate surface area is 113 Å². The molecule has 1 aromatic carbocycles. The van der Waals surface area contributed by atoms with Crippen LogP contribution in [0.1, 0.15) is 19.4 Å². The molecule has 5 heteroatoms. The van der Waals surface area contributed by atoms with Crippen molar-refractivity contribution < 1.29 is 19.4 Å². The van der Waals surface area contributed by atoms with Crippen LogP contribution >= 0.6 is 0 Å². The first-order valence-electron chi connectivity index (χ1n) is 6.30. The van der Waals surface area contributed by atoms with Crippen molar-refractivity contribution in [1.82, 2.24) is 0 Å². The van der Waals surface area contributed by atoms with Gasteiger partial charge in [0.1, 0.15) is 18.4 Å². The molecule has 5 nitrogen and oxygen atoms in total. The summed E-state index contributed by atoms with van der Waals surface area (Å²) in [5.41, 5.74) is 6.63. The molecule has 1 atom stereocenters. The number of ether oxygens (including phenoxy) is 2. The van der Waals surface area contributed by atoms with E-state index in [2.05, 4.69) is 0 Å². The highest BCUT2D eigenvalue weighted by Gasteiger charge is 2.15. The third kappa shape index (κ3) is 6.22. The Bertz CT molecular complexity index is 389. The molecule has 0 fully saturated rings. The van der Waals surface area contributed by atoms with Crippen LogP contribution in [0.4, 0.5) is 0 Å². The first-order chi connectivity index (χ1) is 8.99. The monoisotopic (exact) mass is 267 g/mol. The highest BCUT2D eigenvalue weighted by atomic mass is 16.6. The fourth-order valence-corrected chi connectivity index (χ4v) is 1.50. The second kappa shape index (κ2) is 7.76. The molecule has 0 aliphatic heterocycles. The van der Waals surface area contributed by atoms with E-state index in [1.54, 1.807) is 24.3 Å². The van der Waals surface area contributed by atoms with Gasteiger partial charge in [0.15, 0.2) is 0 Å². The quantitative estimate of drug-likeness (QED) is 0.573. The predicted molar refractivity (Wildman–Crippen MR) is 71.8 cm³/mol. The lowest BCUT2D eigenvalue weighted by Crippen LogP contribution is -2.35. The molecule has 0 amide bonds. The summed E-state index contributed by atoms with van der Waals surface area (Å²) >= 11 is 0. The van der Waals surface area contributed by atoms with Crippen molar-refractivity contribution in [3.8, 4) is 5.75 Å². The SMILES string of the molecule is CC(C)OCCOC(=O)[C@@H](N)Cc1ccc(O)cc1. The zero-order valence-electron chi connectivity index (χ0n) is 11.3. The van der Waals surface area contributed by atoms with Gasteiger partial charge in [-0.3, -0.25) is 4.79 Å². The molecular weight excluding hydrogens is 246 g/mol. The van der Waals surface area contributed by atoms with E-state index in [0.717, 1.165) is 5.56 Å². The Kier molecular flexibility index (Phi) is 6.32. The number of nitrogens with two attached hydrogens (primary N) is 1. The molecule has 0 radical (unpaired) electrons. The average Bonchev–Trinajstić information content (AvgIpc) is 2.36. The first-order valence-corrected chi connectivity index (χ1v) is 6.30. The molecule has 3 N–H and O–H groups in total. The van der Waals surface area contributed by atoms with Crippen LogP contribution in [0.15, 0.2) is 24.3 Å². The number of rotatable bonds is 7. The van der Waals surface area contributed by atoms with Gasteiger partial charge in [0, 0.05) is 0 Å². The Balaban J connectivity index is 2.30. The Hall–Kier alpha value is -1.59. The molecular formula is C14H21NO4. The fraction of sp³-hybridized carbons (Fsp3) is 0.500. The summed E-state index contributed by atoms with van der Waals surface area (Å²) in [7, 11) is 0. The van der Waals surface area contributed by atoms with E-state index in [1.807, 2.05) is 13.8 Å².